The minimum Gasteiger partial charge on any atom is -0.378 e. The summed E-state index contributed by atoms with van der Waals surface area (Å²) in [6.07, 6.45) is 1.16. The number of hydrogen-bond donors (Lipinski definition) is 1. The molecule has 1 aliphatic rings. The maximum absolute atomic E-state index is 12.4. The number of nitrogens with one attached hydrogen (secondary N) is 1. The summed E-state index contributed by atoms with van der Waals surface area (Å²) in [5.41, 5.74) is 4.04. The lowest BCUT2D eigenvalue weighted by Crippen LogP contribution is -2.37. The van der Waals surface area contributed by atoms with Crippen molar-refractivity contribution in [1.82, 2.24) is 0 Å². The first-order valence-electron chi connectivity index (χ1n) is 8.60. The van der Waals surface area contributed by atoms with Crippen LogP contribution >= 0.6 is 11.6 Å². The molecule has 2 aromatic carbocycles. The Bertz CT molecular complexity index is 725. The molecule has 0 spiro atoms. The van der Waals surface area contributed by atoms with Crippen molar-refractivity contribution in [2.75, 3.05) is 36.5 Å². The summed E-state index contributed by atoms with van der Waals surface area (Å²) in [5, 5.41) is 3.68. The number of benzene rings is 2. The van der Waals surface area contributed by atoms with E-state index in [1.165, 1.54) is 11.1 Å². The highest BCUT2D eigenvalue weighted by atomic mass is 35.5. The van der Waals surface area contributed by atoms with Crippen molar-refractivity contribution in [3.63, 3.8) is 0 Å². The monoisotopic (exact) mass is 358 g/mol. The summed E-state index contributed by atoms with van der Waals surface area (Å²) >= 11 is 6.40. The molecule has 3 rings (SSSR count). The summed E-state index contributed by atoms with van der Waals surface area (Å²) in [6.45, 7) is 4.95. The Morgan fingerprint density at radius 3 is 2.60 bits per heavy atom. The van der Waals surface area contributed by atoms with Crippen molar-refractivity contribution in [2.24, 2.45) is 0 Å². The van der Waals surface area contributed by atoms with Crippen molar-refractivity contribution >= 4 is 28.9 Å². The lowest BCUT2D eigenvalue weighted by molar-refractivity contribution is -0.116. The van der Waals surface area contributed by atoms with Gasteiger partial charge in [-0.1, -0.05) is 47.5 Å². The SMILES string of the molecule is Cc1ccc(CCC(=O)Nc2cccc(Cl)c2N2CCOCC2)cc1. The van der Waals surface area contributed by atoms with Gasteiger partial charge in [-0.3, -0.25) is 4.79 Å². The van der Waals surface area contributed by atoms with Gasteiger partial charge in [-0.05, 0) is 31.0 Å². The van der Waals surface area contributed by atoms with Gasteiger partial charge in [-0.15, -0.1) is 0 Å². The van der Waals surface area contributed by atoms with E-state index in [0.717, 1.165) is 30.9 Å². The minimum atomic E-state index is -0.00245. The molecule has 2 aromatic rings. The van der Waals surface area contributed by atoms with Crippen LogP contribution in [0.1, 0.15) is 17.5 Å². The van der Waals surface area contributed by atoms with Crippen molar-refractivity contribution < 1.29 is 9.53 Å². The summed E-state index contributed by atoms with van der Waals surface area (Å²) < 4.78 is 5.41. The van der Waals surface area contributed by atoms with Gasteiger partial charge in [-0.2, -0.15) is 0 Å². The first-order chi connectivity index (χ1) is 12.1. The van der Waals surface area contributed by atoms with Crippen LogP contribution in [-0.4, -0.2) is 32.2 Å². The van der Waals surface area contributed by atoms with Crippen LogP contribution in [0.5, 0.6) is 0 Å². The molecular weight excluding hydrogens is 336 g/mol. The number of nitrogens with zero attached hydrogens (tertiary/aromatic N) is 1. The predicted octanol–water partition coefficient (Wildman–Crippen LogP) is 4.06. The number of carbonyl (C=O) groups excluding carboxylic acids is 1. The van der Waals surface area contributed by atoms with Crippen molar-refractivity contribution in [1.29, 1.82) is 0 Å². The number of ether oxygens (including phenoxy) is 1. The number of carbonyl (C=O) groups is 1. The number of anilines is 2. The van der Waals surface area contributed by atoms with Gasteiger partial charge in [0.25, 0.3) is 0 Å². The van der Waals surface area contributed by atoms with E-state index in [4.69, 9.17) is 16.3 Å². The van der Waals surface area contributed by atoms with E-state index in [-0.39, 0.29) is 5.91 Å². The largest absolute Gasteiger partial charge is 0.378 e. The van der Waals surface area contributed by atoms with E-state index in [0.29, 0.717) is 24.7 Å². The molecule has 1 aliphatic heterocycles. The fourth-order valence-corrected chi connectivity index (χ4v) is 3.24. The second kappa shape index (κ2) is 8.37. The highest BCUT2D eigenvalue weighted by Crippen LogP contribution is 2.34. The van der Waals surface area contributed by atoms with Crippen LogP contribution in [0.25, 0.3) is 0 Å². The average molecular weight is 359 g/mol. The normalized spacial score (nSPS) is 14.4. The molecule has 0 aliphatic carbocycles. The summed E-state index contributed by atoms with van der Waals surface area (Å²) in [6, 6.07) is 13.9. The zero-order valence-corrected chi connectivity index (χ0v) is 15.2. The number of halogens is 1. The van der Waals surface area contributed by atoms with E-state index in [9.17, 15) is 4.79 Å². The van der Waals surface area contributed by atoms with Gasteiger partial charge >= 0.3 is 0 Å². The first kappa shape index (κ1) is 17.8. The van der Waals surface area contributed by atoms with Gasteiger partial charge in [0, 0.05) is 19.5 Å². The van der Waals surface area contributed by atoms with Gasteiger partial charge in [0.1, 0.15) is 0 Å². The standard InChI is InChI=1S/C20H23ClN2O2/c1-15-5-7-16(8-6-15)9-10-19(24)22-18-4-2-3-17(21)20(18)23-11-13-25-14-12-23/h2-8H,9-14H2,1H3,(H,22,24). The van der Waals surface area contributed by atoms with Gasteiger partial charge in [-0.25, -0.2) is 0 Å². The molecule has 1 heterocycles. The molecule has 0 saturated carbocycles. The number of amides is 1. The highest BCUT2D eigenvalue weighted by molar-refractivity contribution is 6.34. The molecule has 132 valence electrons. The Morgan fingerprint density at radius 1 is 1.16 bits per heavy atom. The number of aryl methyl sites for hydroxylation is 2. The molecule has 4 nitrogen and oxygen atoms in total. The van der Waals surface area contributed by atoms with Crippen LogP contribution < -0.4 is 10.2 Å². The zero-order chi connectivity index (χ0) is 17.6. The van der Waals surface area contributed by atoms with E-state index in [2.05, 4.69) is 41.4 Å². The molecule has 0 bridgehead atoms. The second-order valence-corrected chi connectivity index (χ2v) is 6.68. The molecule has 1 saturated heterocycles. The Balaban J connectivity index is 1.66. The van der Waals surface area contributed by atoms with E-state index in [1.54, 1.807) is 0 Å². The average Bonchev–Trinajstić information content (AvgIpc) is 2.62. The Hall–Kier alpha value is -2.04. The van der Waals surface area contributed by atoms with E-state index >= 15 is 0 Å². The molecule has 0 aromatic heterocycles. The Morgan fingerprint density at radius 2 is 1.88 bits per heavy atom. The van der Waals surface area contributed by atoms with Crippen molar-refractivity contribution in [3.8, 4) is 0 Å². The van der Waals surface area contributed by atoms with Gasteiger partial charge < -0.3 is 15.0 Å². The third-order valence-electron chi connectivity index (χ3n) is 4.35. The molecular formula is C20H23ClN2O2. The Kier molecular flexibility index (Phi) is 5.95. The lowest BCUT2D eigenvalue weighted by Gasteiger charge is -2.31. The maximum Gasteiger partial charge on any atom is 0.224 e. The molecule has 1 fully saturated rings. The molecule has 5 heteroatoms. The third-order valence-corrected chi connectivity index (χ3v) is 4.65. The van der Waals surface area contributed by atoms with Crippen molar-refractivity contribution in [2.45, 2.75) is 19.8 Å². The molecule has 0 atom stereocenters. The third kappa shape index (κ3) is 4.74. The number of rotatable bonds is 5. The maximum atomic E-state index is 12.4. The molecule has 1 N–H and O–H groups in total. The van der Waals surface area contributed by atoms with Gasteiger partial charge in [0.2, 0.25) is 5.91 Å². The highest BCUT2D eigenvalue weighted by Gasteiger charge is 2.18. The van der Waals surface area contributed by atoms with E-state index in [1.807, 2.05) is 18.2 Å². The molecule has 0 unspecified atom stereocenters. The second-order valence-electron chi connectivity index (χ2n) is 6.27. The van der Waals surface area contributed by atoms with Crippen LogP contribution in [0.3, 0.4) is 0 Å². The van der Waals surface area contributed by atoms with Crippen LogP contribution in [-0.2, 0) is 16.0 Å². The fourth-order valence-electron chi connectivity index (χ4n) is 2.95. The topological polar surface area (TPSA) is 41.6 Å². The van der Waals surface area contributed by atoms with Crippen molar-refractivity contribution in [3.05, 3.63) is 58.6 Å². The number of para-hydroxylation sites is 1. The summed E-state index contributed by atoms with van der Waals surface area (Å²) in [4.78, 5) is 14.6. The predicted molar refractivity (Wildman–Crippen MR) is 103 cm³/mol. The smallest absolute Gasteiger partial charge is 0.224 e. The van der Waals surface area contributed by atoms with Gasteiger partial charge in [0.05, 0.1) is 29.6 Å². The first-order valence-corrected chi connectivity index (χ1v) is 8.98. The summed E-state index contributed by atoms with van der Waals surface area (Å²) in [7, 11) is 0. The molecule has 1 amide bonds. The minimum absolute atomic E-state index is 0.00245. The van der Waals surface area contributed by atoms with Crippen LogP contribution in [0.15, 0.2) is 42.5 Å². The molecule has 25 heavy (non-hydrogen) atoms. The Labute approximate surface area is 153 Å². The van der Waals surface area contributed by atoms with Crippen LogP contribution in [0, 0.1) is 6.92 Å². The van der Waals surface area contributed by atoms with Gasteiger partial charge in [0.15, 0.2) is 0 Å². The summed E-state index contributed by atoms with van der Waals surface area (Å²) in [5.74, 6) is -0.00245. The lowest BCUT2D eigenvalue weighted by atomic mass is 10.1. The zero-order valence-electron chi connectivity index (χ0n) is 14.4. The van der Waals surface area contributed by atoms with Crippen LogP contribution in [0.4, 0.5) is 11.4 Å². The number of hydrogen-bond acceptors (Lipinski definition) is 3. The number of morpholine rings is 1. The van der Waals surface area contributed by atoms with E-state index < -0.39 is 0 Å². The quantitative estimate of drug-likeness (QED) is 0.876. The fraction of sp³-hybridized carbons (Fsp3) is 0.350. The molecule has 0 radical (unpaired) electrons. The van der Waals surface area contributed by atoms with Crippen LogP contribution in [0.2, 0.25) is 5.02 Å².